The number of hydrogen-bond donors (Lipinski definition) is 1. The topological polar surface area (TPSA) is 52.2 Å². The van der Waals surface area contributed by atoms with E-state index in [0.717, 1.165) is 5.06 Å². The lowest BCUT2D eigenvalue weighted by Crippen LogP contribution is -2.47. The lowest BCUT2D eigenvalue weighted by molar-refractivity contribution is -0.243. The number of ketones is 1. The highest BCUT2D eigenvalue weighted by atomic mass is 16.5. The molecule has 0 amide bonds. The number of nitrogens with zero attached hydrogens (tertiary/aromatic N) is 1. The Morgan fingerprint density at radius 1 is 1.16 bits per heavy atom. The summed E-state index contributed by atoms with van der Waals surface area (Å²) in [4.78, 5) is 12.2. The van der Waals surface area contributed by atoms with Crippen molar-refractivity contribution in [2.24, 2.45) is 0 Å². The second-order valence-corrected chi connectivity index (χ2v) is 5.83. The number of hydroxylamine groups is 2. The molecule has 4 heteroatoms. The van der Waals surface area contributed by atoms with Crippen LogP contribution in [0.2, 0.25) is 0 Å². The van der Waals surface area contributed by atoms with E-state index in [4.69, 9.17) is 0 Å². The molecule has 0 saturated carbocycles. The van der Waals surface area contributed by atoms with Crippen LogP contribution < -0.4 is 5.32 Å². The number of allylic oxidation sites excluding steroid dienone is 1. The molecule has 1 radical (unpaired) electrons. The fourth-order valence-corrected chi connectivity index (χ4v) is 2.37. The van der Waals surface area contributed by atoms with Crippen molar-refractivity contribution < 1.29 is 10.0 Å². The number of nitrogens with one attached hydrogen (secondary N) is 1. The first-order chi connectivity index (χ1) is 8.75. The SMILES string of the molecule is CC1(C)NC(=CC(=O)c2ccccc2)C(C)(C)N1[O]. The second kappa shape index (κ2) is 4.47. The lowest BCUT2D eigenvalue weighted by atomic mass is 9.99. The summed E-state index contributed by atoms with van der Waals surface area (Å²) in [5.41, 5.74) is -0.156. The highest BCUT2D eigenvalue weighted by Crippen LogP contribution is 2.35. The standard InChI is InChI=1S/C15H19N2O2/c1-14(2)13(16-15(3,4)17(14)19)10-12(18)11-8-6-5-7-9-11/h5-10,16H,1-4H3. The molecule has 1 aromatic rings. The fraction of sp³-hybridized carbons (Fsp3) is 0.400. The van der Waals surface area contributed by atoms with Gasteiger partial charge in [-0.05, 0) is 27.7 Å². The van der Waals surface area contributed by atoms with Crippen LogP contribution in [0, 0.1) is 0 Å². The molecule has 101 valence electrons. The fourth-order valence-electron chi connectivity index (χ4n) is 2.37. The normalized spacial score (nSPS) is 23.3. The average molecular weight is 259 g/mol. The molecule has 0 aliphatic carbocycles. The molecule has 1 saturated heterocycles. The quantitative estimate of drug-likeness (QED) is 0.656. The minimum Gasteiger partial charge on any atom is -0.367 e. The van der Waals surface area contributed by atoms with E-state index in [1.165, 1.54) is 6.08 Å². The summed E-state index contributed by atoms with van der Waals surface area (Å²) < 4.78 is 0. The molecule has 0 unspecified atom stereocenters. The van der Waals surface area contributed by atoms with Gasteiger partial charge in [0, 0.05) is 17.3 Å². The zero-order valence-corrected chi connectivity index (χ0v) is 11.7. The maximum Gasteiger partial charge on any atom is 0.187 e. The Hall–Kier alpha value is -1.65. The van der Waals surface area contributed by atoms with E-state index in [-0.39, 0.29) is 5.78 Å². The Balaban J connectivity index is 2.32. The minimum absolute atomic E-state index is 0.0951. The third-order valence-electron chi connectivity index (χ3n) is 3.45. The van der Waals surface area contributed by atoms with Crippen molar-refractivity contribution in [1.82, 2.24) is 10.4 Å². The first-order valence-electron chi connectivity index (χ1n) is 6.32. The monoisotopic (exact) mass is 259 g/mol. The van der Waals surface area contributed by atoms with Gasteiger partial charge in [-0.1, -0.05) is 30.3 Å². The van der Waals surface area contributed by atoms with Crippen molar-refractivity contribution in [3.05, 3.63) is 47.7 Å². The summed E-state index contributed by atoms with van der Waals surface area (Å²) in [5, 5.41) is 16.3. The molecule has 0 bridgehead atoms. The van der Waals surface area contributed by atoms with Crippen LogP contribution in [0.15, 0.2) is 42.1 Å². The maximum absolute atomic E-state index is 12.2. The van der Waals surface area contributed by atoms with Gasteiger partial charge in [-0.2, -0.15) is 0 Å². The summed E-state index contributed by atoms with van der Waals surface area (Å²) in [5.74, 6) is -0.0951. The van der Waals surface area contributed by atoms with Gasteiger partial charge in [0.1, 0.15) is 5.66 Å². The van der Waals surface area contributed by atoms with Crippen molar-refractivity contribution in [3.8, 4) is 0 Å². The predicted molar refractivity (Wildman–Crippen MR) is 72.7 cm³/mol. The molecular formula is C15H19N2O2. The van der Waals surface area contributed by atoms with E-state index in [9.17, 15) is 10.0 Å². The molecule has 4 nitrogen and oxygen atoms in total. The summed E-state index contributed by atoms with van der Waals surface area (Å²) >= 11 is 0. The highest BCUT2D eigenvalue weighted by molar-refractivity contribution is 6.05. The first kappa shape index (κ1) is 13.8. The van der Waals surface area contributed by atoms with Gasteiger partial charge >= 0.3 is 0 Å². The Morgan fingerprint density at radius 3 is 2.21 bits per heavy atom. The van der Waals surface area contributed by atoms with Crippen LogP contribution in [-0.4, -0.2) is 22.0 Å². The molecule has 1 aliphatic heterocycles. The Bertz CT molecular complexity index is 518. The molecule has 1 N–H and O–H groups in total. The van der Waals surface area contributed by atoms with E-state index in [0.29, 0.717) is 11.3 Å². The summed E-state index contributed by atoms with van der Waals surface area (Å²) in [6.45, 7) is 7.23. The van der Waals surface area contributed by atoms with Crippen molar-refractivity contribution in [3.63, 3.8) is 0 Å². The van der Waals surface area contributed by atoms with Crippen LogP contribution in [0.4, 0.5) is 0 Å². The number of rotatable bonds is 2. The number of hydrogen-bond acceptors (Lipinski definition) is 3. The number of benzene rings is 1. The van der Waals surface area contributed by atoms with Crippen LogP contribution in [0.3, 0.4) is 0 Å². The van der Waals surface area contributed by atoms with Crippen LogP contribution in [0.1, 0.15) is 38.1 Å². The van der Waals surface area contributed by atoms with E-state index in [2.05, 4.69) is 5.32 Å². The predicted octanol–water partition coefficient (Wildman–Crippen LogP) is 2.52. The molecular weight excluding hydrogens is 240 g/mol. The first-order valence-corrected chi connectivity index (χ1v) is 6.32. The van der Waals surface area contributed by atoms with E-state index >= 15 is 0 Å². The Morgan fingerprint density at radius 2 is 1.74 bits per heavy atom. The minimum atomic E-state index is -0.728. The van der Waals surface area contributed by atoms with Crippen molar-refractivity contribution in [2.75, 3.05) is 0 Å². The molecule has 19 heavy (non-hydrogen) atoms. The van der Waals surface area contributed by atoms with Gasteiger partial charge in [-0.15, -0.1) is 10.3 Å². The average Bonchev–Trinajstić information content (AvgIpc) is 2.51. The van der Waals surface area contributed by atoms with Gasteiger partial charge in [0.05, 0.1) is 5.54 Å². The molecule has 0 atom stereocenters. The Labute approximate surface area is 113 Å². The van der Waals surface area contributed by atoms with Crippen LogP contribution in [-0.2, 0) is 5.21 Å². The summed E-state index contributed by atoms with van der Waals surface area (Å²) in [6.07, 6.45) is 1.52. The maximum atomic E-state index is 12.2. The highest BCUT2D eigenvalue weighted by Gasteiger charge is 2.49. The summed E-state index contributed by atoms with van der Waals surface area (Å²) in [6, 6.07) is 9.04. The largest absolute Gasteiger partial charge is 0.367 e. The van der Waals surface area contributed by atoms with Gasteiger partial charge < -0.3 is 5.32 Å². The van der Waals surface area contributed by atoms with Gasteiger partial charge in [0.25, 0.3) is 0 Å². The molecule has 1 fully saturated rings. The third kappa shape index (κ3) is 2.41. The molecule has 1 aliphatic rings. The van der Waals surface area contributed by atoms with Crippen LogP contribution in [0.25, 0.3) is 0 Å². The van der Waals surface area contributed by atoms with Gasteiger partial charge in [-0.25, -0.2) is 0 Å². The lowest BCUT2D eigenvalue weighted by Gasteiger charge is -2.29. The molecule has 0 aromatic heterocycles. The second-order valence-electron chi connectivity index (χ2n) is 5.83. The van der Waals surface area contributed by atoms with Crippen molar-refractivity contribution >= 4 is 5.78 Å². The van der Waals surface area contributed by atoms with Gasteiger partial charge in [0.2, 0.25) is 0 Å². The number of carbonyl (C=O) groups is 1. The van der Waals surface area contributed by atoms with Crippen molar-refractivity contribution in [1.29, 1.82) is 0 Å². The number of carbonyl (C=O) groups excluding carboxylic acids is 1. The molecule has 1 aromatic carbocycles. The third-order valence-corrected chi connectivity index (χ3v) is 3.45. The van der Waals surface area contributed by atoms with E-state index in [1.54, 1.807) is 26.0 Å². The van der Waals surface area contributed by atoms with Crippen LogP contribution >= 0.6 is 0 Å². The van der Waals surface area contributed by atoms with E-state index in [1.807, 2.05) is 32.0 Å². The zero-order valence-electron chi connectivity index (χ0n) is 11.7. The van der Waals surface area contributed by atoms with Crippen LogP contribution in [0.5, 0.6) is 0 Å². The molecule has 2 rings (SSSR count). The smallest absolute Gasteiger partial charge is 0.187 e. The molecule has 1 heterocycles. The zero-order chi connectivity index (χ0) is 14.3. The Kier molecular flexibility index (Phi) is 3.24. The van der Waals surface area contributed by atoms with Gasteiger partial charge in [0.15, 0.2) is 5.78 Å². The van der Waals surface area contributed by atoms with E-state index < -0.39 is 11.2 Å². The van der Waals surface area contributed by atoms with Crippen molar-refractivity contribution in [2.45, 2.75) is 38.9 Å². The molecule has 0 spiro atoms. The summed E-state index contributed by atoms with van der Waals surface area (Å²) in [7, 11) is 0. The van der Waals surface area contributed by atoms with Gasteiger partial charge in [-0.3, -0.25) is 4.79 Å².